The lowest BCUT2D eigenvalue weighted by molar-refractivity contribution is 0.608. The quantitative estimate of drug-likeness (QED) is 0.332. The average molecular weight is 143 g/mol. The maximum Gasteiger partial charge on any atom is 0.138 e. The van der Waals surface area contributed by atoms with Crippen LogP contribution in [0.2, 0.25) is 0 Å². The first-order valence-corrected chi connectivity index (χ1v) is 3.22. The van der Waals surface area contributed by atoms with E-state index in [0.717, 1.165) is 5.84 Å². The Bertz CT molecular complexity index is 131. The van der Waals surface area contributed by atoms with E-state index in [1.807, 2.05) is 21.0 Å². The van der Waals surface area contributed by atoms with Gasteiger partial charge in [-0.05, 0) is 6.92 Å². The molecule has 58 valence electrons. The van der Waals surface area contributed by atoms with Crippen molar-refractivity contribution in [2.75, 3.05) is 27.2 Å². The molecular weight excluding hydrogens is 130 g/mol. The largest absolute Gasteiger partial charge is 0.365 e. The topological polar surface area (TPSA) is 45.0 Å². The molecule has 10 heavy (non-hydrogen) atoms. The molecule has 0 atom stereocenters. The lowest BCUT2D eigenvalue weighted by Gasteiger charge is -2.11. The van der Waals surface area contributed by atoms with Crippen molar-refractivity contribution in [2.24, 2.45) is 10.2 Å². The van der Waals surface area contributed by atoms with Gasteiger partial charge in [0.25, 0.3) is 0 Å². The summed E-state index contributed by atoms with van der Waals surface area (Å²) in [4.78, 5) is 15.7. The zero-order valence-electron chi connectivity index (χ0n) is 6.66. The molecule has 0 N–H and O–H groups in total. The van der Waals surface area contributed by atoms with Crippen molar-refractivity contribution in [1.29, 1.82) is 0 Å². The van der Waals surface area contributed by atoms with Crippen molar-refractivity contribution in [1.82, 2.24) is 4.90 Å². The second kappa shape index (κ2) is 4.90. The maximum atomic E-state index is 9.84. The van der Waals surface area contributed by atoms with E-state index < -0.39 is 0 Å². The molecule has 4 heteroatoms. The van der Waals surface area contributed by atoms with Crippen molar-refractivity contribution in [3.8, 4) is 0 Å². The summed E-state index contributed by atoms with van der Waals surface area (Å²) in [7, 11) is 3.69. The van der Waals surface area contributed by atoms with E-state index in [4.69, 9.17) is 0 Å². The van der Waals surface area contributed by atoms with Crippen LogP contribution in [0.15, 0.2) is 10.2 Å². The Hall–Kier alpha value is -0.930. The van der Waals surface area contributed by atoms with Crippen LogP contribution in [-0.4, -0.2) is 37.9 Å². The van der Waals surface area contributed by atoms with Gasteiger partial charge in [-0.2, -0.15) is 4.91 Å². The third-order valence-electron chi connectivity index (χ3n) is 1.06. The van der Waals surface area contributed by atoms with E-state index in [0.29, 0.717) is 6.54 Å². The first-order valence-electron chi connectivity index (χ1n) is 3.22. The van der Waals surface area contributed by atoms with E-state index in [9.17, 15) is 4.91 Å². The SMILES string of the molecule is CCN=C(CN=O)N(C)C. The third kappa shape index (κ3) is 3.17. The van der Waals surface area contributed by atoms with E-state index in [1.165, 1.54) is 0 Å². The van der Waals surface area contributed by atoms with Crippen molar-refractivity contribution in [3.05, 3.63) is 4.91 Å². The highest BCUT2D eigenvalue weighted by Gasteiger charge is 1.98. The Morgan fingerprint density at radius 2 is 2.10 bits per heavy atom. The Balaban J connectivity index is 3.96. The van der Waals surface area contributed by atoms with E-state index in [2.05, 4.69) is 10.2 Å². The molecule has 0 aromatic heterocycles. The number of likely N-dealkylation sites (N-methyl/N-ethyl adjacent to an activating group) is 1. The lowest BCUT2D eigenvalue weighted by atomic mass is 10.5. The summed E-state index contributed by atoms with van der Waals surface area (Å²) in [5, 5.41) is 2.75. The van der Waals surface area contributed by atoms with Gasteiger partial charge in [0.2, 0.25) is 0 Å². The summed E-state index contributed by atoms with van der Waals surface area (Å²) in [5.41, 5.74) is 0. The molecule has 0 spiro atoms. The number of nitroso groups, excluding NO2 is 1. The highest BCUT2D eigenvalue weighted by molar-refractivity contribution is 5.83. The van der Waals surface area contributed by atoms with Crippen molar-refractivity contribution < 1.29 is 0 Å². The van der Waals surface area contributed by atoms with Crippen LogP contribution in [0.5, 0.6) is 0 Å². The number of amidine groups is 1. The van der Waals surface area contributed by atoms with Gasteiger partial charge in [0.05, 0.1) is 0 Å². The zero-order chi connectivity index (χ0) is 7.98. The third-order valence-corrected chi connectivity index (χ3v) is 1.06. The van der Waals surface area contributed by atoms with Gasteiger partial charge in [-0.3, -0.25) is 4.99 Å². The van der Waals surface area contributed by atoms with Crippen molar-refractivity contribution in [3.63, 3.8) is 0 Å². The minimum Gasteiger partial charge on any atom is -0.365 e. The van der Waals surface area contributed by atoms with Crippen LogP contribution in [0.25, 0.3) is 0 Å². The zero-order valence-corrected chi connectivity index (χ0v) is 6.66. The summed E-state index contributed by atoms with van der Waals surface area (Å²) in [6.07, 6.45) is 0. The molecule has 4 nitrogen and oxygen atoms in total. The minimum atomic E-state index is 0.167. The molecule has 0 rings (SSSR count). The minimum absolute atomic E-state index is 0.167. The molecule has 0 bridgehead atoms. The smallest absolute Gasteiger partial charge is 0.138 e. The fourth-order valence-electron chi connectivity index (χ4n) is 0.573. The second-order valence-corrected chi connectivity index (χ2v) is 2.07. The van der Waals surface area contributed by atoms with Gasteiger partial charge >= 0.3 is 0 Å². The van der Waals surface area contributed by atoms with Crippen LogP contribution < -0.4 is 0 Å². The van der Waals surface area contributed by atoms with Crippen LogP contribution in [-0.2, 0) is 0 Å². The predicted molar refractivity (Wildman–Crippen MR) is 42.3 cm³/mol. The van der Waals surface area contributed by atoms with Crippen LogP contribution in [0.4, 0.5) is 0 Å². The van der Waals surface area contributed by atoms with Gasteiger partial charge in [0.15, 0.2) is 0 Å². The average Bonchev–Trinajstić information content (AvgIpc) is 1.87. The molecule has 0 unspecified atom stereocenters. The molecule has 0 aliphatic rings. The molecule has 0 saturated carbocycles. The van der Waals surface area contributed by atoms with Crippen molar-refractivity contribution >= 4 is 5.84 Å². The van der Waals surface area contributed by atoms with Gasteiger partial charge < -0.3 is 4.90 Å². The number of nitrogens with zero attached hydrogens (tertiary/aromatic N) is 3. The summed E-state index contributed by atoms with van der Waals surface area (Å²) in [6.45, 7) is 2.79. The van der Waals surface area contributed by atoms with Crippen LogP contribution in [0.3, 0.4) is 0 Å². The first-order chi connectivity index (χ1) is 4.72. The van der Waals surface area contributed by atoms with Gasteiger partial charge in [-0.25, -0.2) is 0 Å². The highest BCUT2D eigenvalue weighted by Crippen LogP contribution is 1.85. The molecule has 0 saturated heterocycles. The molecule has 0 amide bonds. The highest BCUT2D eigenvalue weighted by atomic mass is 16.3. The Kier molecular flexibility index (Phi) is 4.45. The summed E-state index contributed by atoms with van der Waals surface area (Å²) >= 11 is 0. The number of aliphatic imine (C=N–C) groups is 1. The Morgan fingerprint density at radius 1 is 1.50 bits per heavy atom. The second-order valence-electron chi connectivity index (χ2n) is 2.07. The molecule has 0 heterocycles. The predicted octanol–water partition coefficient (Wildman–Crippen LogP) is 0.733. The van der Waals surface area contributed by atoms with E-state index in [1.54, 1.807) is 4.90 Å². The molecule has 0 aliphatic heterocycles. The van der Waals surface area contributed by atoms with Crippen LogP contribution in [0, 0.1) is 4.91 Å². The van der Waals surface area contributed by atoms with Crippen LogP contribution >= 0.6 is 0 Å². The van der Waals surface area contributed by atoms with Gasteiger partial charge in [0.1, 0.15) is 12.4 Å². The maximum absolute atomic E-state index is 9.84. The molecule has 0 fully saturated rings. The van der Waals surface area contributed by atoms with E-state index >= 15 is 0 Å². The first kappa shape index (κ1) is 9.07. The summed E-state index contributed by atoms with van der Waals surface area (Å²) in [6, 6.07) is 0. The summed E-state index contributed by atoms with van der Waals surface area (Å²) < 4.78 is 0. The lowest BCUT2D eigenvalue weighted by Crippen LogP contribution is -2.24. The summed E-state index contributed by atoms with van der Waals surface area (Å²) in [5.74, 6) is 0.734. The number of rotatable bonds is 3. The van der Waals surface area contributed by atoms with Crippen LogP contribution in [0.1, 0.15) is 6.92 Å². The van der Waals surface area contributed by atoms with Crippen molar-refractivity contribution in [2.45, 2.75) is 6.92 Å². The molecule has 0 radical (unpaired) electrons. The molecular formula is C6H13N3O. The number of hydrogen-bond acceptors (Lipinski definition) is 3. The fourth-order valence-corrected chi connectivity index (χ4v) is 0.573. The molecule has 0 aliphatic carbocycles. The van der Waals surface area contributed by atoms with Gasteiger partial charge in [-0.15, -0.1) is 0 Å². The van der Waals surface area contributed by atoms with Gasteiger partial charge in [-0.1, -0.05) is 5.18 Å². The standard InChI is InChI=1S/C6H13N3O/c1-4-7-6(5-8-10)9(2)3/h4-5H2,1-3H3. The van der Waals surface area contributed by atoms with E-state index in [-0.39, 0.29) is 6.54 Å². The fraction of sp³-hybridized carbons (Fsp3) is 0.833. The normalized spacial score (nSPS) is 11.3. The molecule has 0 aromatic rings. The molecule has 0 aromatic carbocycles. The van der Waals surface area contributed by atoms with Gasteiger partial charge in [0, 0.05) is 20.6 Å². The monoisotopic (exact) mass is 143 g/mol. The number of hydrogen-bond donors (Lipinski definition) is 0. The Morgan fingerprint density at radius 3 is 2.40 bits per heavy atom. The Labute approximate surface area is 60.9 Å².